The maximum absolute atomic E-state index is 13.1. The van der Waals surface area contributed by atoms with Gasteiger partial charge in [0.1, 0.15) is 16.5 Å². The number of piperazine rings is 1. The highest BCUT2D eigenvalue weighted by atomic mass is 79.9. The van der Waals surface area contributed by atoms with Crippen LogP contribution in [0.2, 0.25) is 0 Å². The van der Waals surface area contributed by atoms with Crippen LogP contribution in [0.15, 0.2) is 64.0 Å². The van der Waals surface area contributed by atoms with E-state index in [0.29, 0.717) is 47.9 Å². The van der Waals surface area contributed by atoms with Crippen LogP contribution in [-0.4, -0.2) is 56.2 Å². The van der Waals surface area contributed by atoms with Crippen LogP contribution in [0, 0.1) is 5.82 Å². The van der Waals surface area contributed by atoms with Crippen LogP contribution in [0.5, 0.6) is 5.75 Å². The van der Waals surface area contributed by atoms with E-state index in [1.54, 1.807) is 30.3 Å². The fourth-order valence-electron chi connectivity index (χ4n) is 3.42. The molecule has 0 unspecified atom stereocenters. The van der Waals surface area contributed by atoms with Crippen molar-refractivity contribution in [3.05, 3.63) is 64.9 Å². The summed E-state index contributed by atoms with van der Waals surface area (Å²) < 4.78 is 46.7. The molecular weight excluding hydrogens is 487 g/mol. The van der Waals surface area contributed by atoms with E-state index >= 15 is 0 Å². The smallest absolute Gasteiger partial charge is 0.246 e. The van der Waals surface area contributed by atoms with Gasteiger partial charge in [0, 0.05) is 36.2 Å². The summed E-state index contributed by atoms with van der Waals surface area (Å²) >= 11 is 3.33. The molecule has 31 heavy (non-hydrogen) atoms. The van der Waals surface area contributed by atoms with Crippen molar-refractivity contribution in [2.24, 2.45) is 0 Å². The Morgan fingerprint density at radius 1 is 0.968 bits per heavy atom. The van der Waals surface area contributed by atoms with E-state index in [0.717, 1.165) is 5.56 Å². The second kappa shape index (κ2) is 8.89. The van der Waals surface area contributed by atoms with E-state index in [9.17, 15) is 12.8 Å². The number of hydrogen-bond acceptors (Lipinski definition) is 6. The summed E-state index contributed by atoms with van der Waals surface area (Å²) in [4.78, 5) is 2.13. The second-order valence-electron chi connectivity index (χ2n) is 6.97. The molecule has 162 valence electrons. The molecule has 0 bridgehead atoms. The van der Waals surface area contributed by atoms with Crippen molar-refractivity contribution < 1.29 is 17.5 Å². The number of sulfonamides is 1. The largest absolute Gasteiger partial charge is 0.495 e. The molecule has 0 aliphatic carbocycles. The molecular formula is C21H20BrFN4O3S. The molecule has 0 amide bonds. The molecule has 1 saturated heterocycles. The predicted octanol–water partition coefficient (Wildman–Crippen LogP) is 3.56. The molecule has 4 rings (SSSR count). The van der Waals surface area contributed by atoms with Crippen LogP contribution < -0.4 is 9.64 Å². The number of anilines is 1. The third-order valence-corrected chi connectivity index (χ3v) is 7.51. The molecule has 1 aliphatic heterocycles. The van der Waals surface area contributed by atoms with E-state index in [1.165, 1.54) is 23.5 Å². The molecule has 1 aliphatic rings. The lowest BCUT2D eigenvalue weighted by Crippen LogP contribution is -2.49. The highest BCUT2D eigenvalue weighted by Gasteiger charge is 2.31. The van der Waals surface area contributed by atoms with Crippen molar-refractivity contribution in [2.75, 3.05) is 38.2 Å². The van der Waals surface area contributed by atoms with Gasteiger partial charge in [-0.3, -0.25) is 0 Å². The molecule has 0 N–H and O–H groups in total. The van der Waals surface area contributed by atoms with Crippen LogP contribution in [-0.2, 0) is 10.0 Å². The summed E-state index contributed by atoms with van der Waals surface area (Å²) in [6.45, 7) is 1.61. The number of nitrogens with zero attached hydrogens (tertiary/aromatic N) is 4. The second-order valence-corrected chi connectivity index (χ2v) is 9.79. The minimum atomic E-state index is -3.69. The van der Waals surface area contributed by atoms with E-state index in [2.05, 4.69) is 26.1 Å². The first-order valence-electron chi connectivity index (χ1n) is 9.57. The van der Waals surface area contributed by atoms with Crippen LogP contribution in [0.4, 0.5) is 10.2 Å². The molecule has 0 radical (unpaired) electrons. The Balaban J connectivity index is 1.46. The quantitative estimate of drug-likeness (QED) is 0.526. The van der Waals surface area contributed by atoms with Crippen LogP contribution in [0.3, 0.4) is 0 Å². The van der Waals surface area contributed by atoms with Gasteiger partial charge >= 0.3 is 0 Å². The number of rotatable bonds is 5. The van der Waals surface area contributed by atoms with Gasteiger partial charge in [0.25, 0.3) is 0 Å². The Kier molecular flexibility index (Phi) is 6.22. The Morgan fingerprint density at radius 2 is 1.68 bits per heavy atom. The average molecular weight is 507 g/mol. The zero-order chi connectivity index (χ0) is 22.0. The molecule has 1 aromatic heterocycles. The van der Waals surface area contributed by atoms with Crippen molar-refractivity contribution in [3.8, 4) is 17.0 Å². The standard InChI is InChI=1S/C21H20BrFN4O3S/c1-30-19-8-4-16(22)14-20(19)31(28,29)27-12-10-26(11-13-27)21-9-7-18(24-25-21)15-2-5-17(23)6-3-15/h2-9,14H,10-13H2,1H3. The van der Waals surface area contributed by atoms with Crippen molar-refractivity contribution >= 4 is 31.8 Å². The highest BCUT2D eigenvalue weighted by Crippen LogP contribution is 2.30. The number of halogens is 2. The first-order chi connectivity index (χ1) is 14.9. The summed E-state index contributed by atoms with van der Waals surface area (Å²) in [5.41, 5.74) is 1.42. The van der Waals surface area contributed by atoms with Crippen molar-refractivity contribution in [3.63, 3.8) is 0 Å². The molecule has 2 aromatic carbocycles. The molecule has 1 fully saturated rings. The summed E-state index contributed by atoms with van der Waals surface area (Å²) in [6, 6.07) is 14.7. The lowest BCUT2D eigenvalue weighted by molar-refractivity contribution is 0.373. The summed E-state index contributed by atoms with van der Waals surface area (Å²) in [6.07, 6.45) is 0. The van der Waals surface area contributed by atoms with Crippen LogP contribution >= 0.6 is 15.9 Å². The Morgan fingerprint density at radius 3 is 2.29 bits per heavy atom. The van der Waals surface area contributed by atoms with Gasteiger partial charge in [0.2, 0.25) is 10.0 Å². The van der Waals surface area contributed by atoms with Gasteiger partial charge in [-0.25, -0.2) is 12.8 Å². The first kappa shape index (κ1) is 21.7. The predicted molar refractivity (Wildman–Crippen MR) is 119 cm³/mol. The molecule has 0 atom stereocenters. The Labute approximate surface area is 188 Å². The van der Waals surface area contributed by atoms with E-state index in [4.69, 9.17) is 4.74 Å². The van der Waals surface area contributed by atoms with Gasteiger partial charge in [0.15, 0.2) is 5.82 Å². The van der Waals surface area contributed by atoms with E-state index < -0.39 is 10.0 Å². The number of hydrogen-bond donors (Lipinski definition) is 0. The fraction of sp³-hybridized carbons (Fsp3) is 0.238. The Hall–Kier alpha value is -2.56. The highest BCUT2D eigenvalue weighted by molar-refractivity contribution is 9.10. The third-order valence-electron chi connectivity index (χ3n) is 5.10. The minimum absolute atomic E-state index is 0.140. The third kappa shape index (κ3) is 4.56. The SMILES string of the molecule is COc1ccc(Br)cc1S(=O)(=O)N1CCN(c2ccc(-c3ccc(F)cc3)nn2)CC1. The van der Waals surface area contributed by atoms with E-state index in [1.807, 2.05) is 17.0 Å². The van der Waals surface area contributed by atoms with Crippen LogP contribution in [0.1, 0.15) is 0 Å². The lowest BCUT2D eigenvalue weighted by atomic mass is 10.1. The number of benzene rings is 2. The van der Waals surface area contributed by atoms with Gasteiger partial charge in [-0.2, -0.15) is 4.31 Å². The topological polar surface area (TPSA) is 75.6 Å². The molecule has 2 heterocycles. The first-order valence-corrected chi connectivity index (χ1v) is 11.8. The molecule has 3 aromatic rings. The molecule has 7 nitrogen and oxygen atoms in total. The average Bonchev–Trinajstić information content (AvgIpc) is 2.80. The lowest BCUT2D eigenvalue weighted by Gasteiger charge is -2.34. The zero-order valence-corrected chi connectivity index (χ0v) is 19.1. The molecule has 10 heteroatoms. The summed E-state index contributed by atoms with van der Waals surface area (Å²) in [5.74, 6) is 0.678. The fourth-order valence-corrected chi connectivity index (χ4v) is 5.53. The van der Waals surface area contributed by atoms with Gasteiger partial charge < -0.3 is 9.64 Å². The monoisotopic (exact) mass is 506 g/mol. The zero-order valence-electron chi connectivity index (χ0n) is 16.7. The van der Waals surface area contributed by atoms with Crippen molar-refractivity contribution in [1.82, 2.24) is 14.5 Å². The maximum atomic E-state index is 13.1. The van der Waals surface area contributed by atoms with Crippen molar-refractivity contribution in [2.45, 2.75) is 4.90 Å². The van der Waals surface area contributed by atoms with Gasteiger partial charge in [-0.05, 0) is 54.6 Å². The summed E-state index contributed by atoms with van der Waals surface area (Å²) in [5, 5.41) is 8.51. The number of aromatic nitrogens is 2. The maximum Gasteiger partial charge on any atom is 0.246 e. The van der Waals surface area contributed by atoms with E-state index in [-0.39, 0.29) is 10.7 Å². The van der Waals surface area contributed by atoms with Crippen LogP contribution in [0.25, 0.3) is 11.3 Å². The summed E-state index contributed by atoms with van der Waals surface area (Å²) in [7, 11) is -2.24. The van der Waals surface area contributed by atoms with Gasteiger partial charge in [-0.15, -0.1) is 10.2 Å². The Bertz CT molecular complexity index is 1170. The van der Waals surface area contributed by atoms with Gasteiger partial charge in [0.05, 0.1) is 12.8 Å². The normalized spacial score (nSPS) is 15.1. The van der Waals surface area contributed by atoms with Crippen molar-refractivity contribution in [1.29, 1.82) is 0 Å². The minimum Gasteiger partial charge on any atom is -0.495 e. The number of ether oxygens (including phenoxy) is 1. The van der Waals surface area contributed by atoms with Gasteiger partial charge in [-0.1, -0.05) is 15.9 Å². The molecule has 0 spiro atoms. The molecule has 0 saturated carbocycles. The number of methoxy groups -OCH3 is 1.